The van der Waals surface area contributed by atoms with Crippen LogP contribution in [0, 0.1) is 13.8 Å². The number of carbonyl (C=O) groups is 1. The third-order valence-electron chi connectivity index (χ3n) is 3.54. The topological polar surface area (TPSA) is 50.4 Å². The first kappa shape index (κ1) is 15.9. The molecule has 4 nitrogen and oxygen atoms in total. The van der Waals surface area contributed by atoms with Crippen LogP contribution < -0.4 is 15.4 Å². The van der Waals surface area contributed by atoms with Gasteiger partial charge in [-0.25, -0.2) is 4.79 Å². The largest absolute Gasteiger partial charge is 0.494 e. The molecule has 2 N–H and O–H groups in total. The maximum atomic E-state index is 12.0. The molecular formula is C18H22N2O2. The highest BCUT2D eigenvalue weighted by molar-refractivity contribution is 5.90. The van der Waals surface area contributed by atoms with Crippen molar-refractivity contribution >= 4 is 11.7 Å². The van der Waals surface area contributed by atoms with Gasteiger partial charge in [0, 0.05) is 12.2 Å². The molecule has 22 heavy (non-hydrogen) atoms. The molecule has 2 rings (SSSR count). The van der Waals surface area contributed by atoms with Gasteiger partial charge in [-0.1, -0.05) is 24.3 Å². The molecule has 2 aromatic rings. The fraction of sp³-hybridized carbons (Fsp3) is 0.278. The van der Waals surface area contributed by atoms with Crippen LogP contribution in [0.4, 0.5) is 10.5 Å². The van der Waals surface area contributed by atoms with E-state index < -0.39 is 0 Å². The van der Waals surface area contributed by atoms with Gasteiger partial charge in [0.2, 0.25) is 0 Å². The average molecular weight is 298 g/mol. The van der Waals surface area contributed by atoms with E-state index in [1.807, 2.05) is 63.2 Å². The van der Waals surface area contributed by atoms with Crippen LogP contribution in [-0.4, -0.2) is 12.6 Å². The molecule has 4 heteroatoms. The van der Waals surface area contributed by atoms with Crippen LogP contribution in [0.25, 0.3) is 0 Å². The van der Waals surface area contributed by atoms with Gasteiger partial charge in [-0.05, 0) is 55.7 Å². The maximum Gasteiger partial charge on any atom is 0.319 e. The van der Waals surface area contributed by atoms with E-state index in [-0.39, 0.29) is 6.03 Å². The normalized spacial score (nSPS) is 10.1. The van der Waals surface area contributed by atoms with Gasteiger partial charge < -0.3 is 15.4 Å². The second-order valence-corrected chi connectivity index (χ2v) is 5.13. The standard InChI is InChI=1S/C18H22N2O2/c1-4-22-16-10-8-15(9-11-16)12-19-18(21)20-17-7-5-6-13(2)14(17)3/h5-11H,4,12H2,1-3H3,(H2,19,20,21). The first-order valence-electron chi connectivity index (χ1n) is 7.43. The minimum absolute atomic E-state index is 0.206. The van der Waals surface area contributed by atoms with Crippen LogP contribution in [0.1, 0.15) is 23.6 Å². The first-order chi connectivity index (χ1) is 10.6. The van der Waals surface area contributed by atoms with Gasteiger partial charge in [0.15, 0.2) is 0 Å². The average Bonchev–Trinajstić information content (AvgIpc) is 2.51. The van der Waals surface area contributed by atoms with Crippen LogP contribution in [0.15, 0.2) is 42.5 Å². The minimum atomic E-state index is -0.206. The SMILES string of the molecule is CCOc1ccc(CNC(=O)Nc2cccc(C)c2C)cc1. The Bertz CT molecular complexity index is 636. The second-order valence-electron chi connectivity index (χ2n) is 5.13. The van der Waals surface area contributed by atoms with Crippen molar-refractivity contribution in [2.24, 2.45) is 0 Å². The van der Waals surface area contributed by atoms with Gasteiger partial charge in [0.25, 0.3) is 0 Å². The summed E-state index contributed by atoms with van der Waals surface area (Å²) in [5, 5.41) is 5.73. The number of aryl methyl sites for hydroxylation is 1. The van der Waals surface area contributed by atoms with Crippen LogP contribution >= 0.6 is 0 Å². The van der Waals surface area contributed by atoms with Gasteiger partial charge in [-0.2, -0.15) is 0 Å². The number of nitrogens with one attached hydrogen (secondary N) is 2. The Balaban J connectivity index is 1.88. The predicted octanol–water partition coefficient (Wildman–Crippen LogP) is 4.02. The molecule has 0 aliphatic rings. The van der Waals surface area contributed by atoms with Crippen molar-refractivity contribution in [1.82, 2.24) is 5.32 Å². The Morgan fingerprint density at radius 2 is 1.82 bits per heavy atom. The summed E-state index contributed by atoms with van der Waals surface area (Å²) in [5.74, 6) is 0.839. The van der Waals surface area contributed by atoms with Crippen LogP contribution in [0.3, 0.4) is 0 Å². The second kappa shape index (κ2) is 7.50. The summed E-state index contributed by atoms with van der Waals surface area (Å²) in [4.78, 5) is 12.0. The molecule has 0 bridgehead atoms. The Hall–Kier alpha value is -2.49. The van der Waals surface area contributed by atoms with E-state index in [1.54, 1.807) is 0 Å². The van der Waals surface area contributed by atoms with Gasteiger partial charge >= 0.3 is 6.03 Å². The van der Waals surface area contributed by atoms with E-state index in [9.17, 15) is 4.79 Å². The number of ether oxygens (including phenoxy) is 1. The third kappa shape index (κ3) is 4.25. The molecule has 0 heterocycles. The fourth-order valence-corrected chi connectivity index (χ4v) is 2.11. The van der Waals surface area contributed by atoms with Crippen LogP contribution in [0.5, 0.6) is 5.75 Å². The van der Waals surface area contributed by atoms with Crippen molar-refractivity contribution < 1.29 is 9.53 Å². The summed E-state index contributed by atoms with van der Waals surface area (Å²) in [5.41, 5.74) is 4.10. The third-order valence-corrected chi connectivity index (χ3v) is 3.54. The molecule has 0 saturated heterocycles. The molecule has 2 amide bonds. The van der Waals surface area contributed by atoms with Crippen molar-refractivity contribution in [2.45, 2.75) is 27.3 Å². The fourth-order valence-electron chi connectivity index (χ4n) is 2.11. The number of carbonyl (C=O) groups excluding carboxylic acids is 1. The van der Waals surface area contributed by atoms with E-state index in [2.05, 4.69) is 10.6 Å². The lowest BCUT2D eigenvalue weighted by molar-refractivity contribution is 0.251. The van der Waals surface area contributed by atoms with E-state index in [4.69, 9.17) is 4.74 Å². The molecule has 0 fully saturated rings. The summed E-state index contributed by atoms with van der Waals surface area (Å²) >= 11 is 0. The lowest BCUT2D eigenvalue weighted by Crippen LogP contribution is -2.28. The van der Waals surface area contributed by atoms with Crippen molar-refractivity contribution in [1.29, 1.82) is 0 Å². The van der Waals surface area contributed by atoms with Crippen molar-refractivity contribution in [2.75, 3.05) is 11.9 Å². The minimum Gasteiger partial charge on any atom is -0.494 e. The molecule has 0 radical (unpaired) electrons. The molecule has 0 aliphatic carbocycles. The summed E-state index contributed by atoms with van der Waals surface area (Å²) in [6.45, 7) is 7.10. The number of hydrogen-bond acceptors (Lipinski definition) is 2. The molecule has 2 aromatic carbocycles. The van der Waals surface area contributed by atoms with Gasteiger partial charge in [0.1, 0.15) is 5.75 Å². The van der Waals surface area contributed by atoms with E-state index in [1.165, 1.54) is 0 Å². The van der Waals surface area contributed by atoms with E-state index in [0.717, 1.165) is 28.1 Å². The zero-order valence-corrected chi connectivity index (χ0v) is 13.3. The van der Waals surface area contributed by atoms with Crippen molar-refractivity contribution in [3.63, 3.8) is 0 Å². The number of urea groups is 1. The smallest absolute Gasteiger partial charge is 0.319 e. The predicted molar refractivity (Wildman–Crippen MR) is 89.4 cm³/mol. The zero-order valence-electron chi connectivity index (χ0n) is 13.3. The molecule has 0 saturated carbocycles. The number of hydrogen-bond donors (Lipinski definition) is 2. The number of anilines is 1. The monoisotopic (exact) mass is 298 g/mol. The molecule has 0 atom stereocenters. The lowest BCUT2D eigenvalue weighted by atomic mass is 10.1. The molecule has 0 spiro atoms. The number of rotatable bonds is 5. The van der Waals surface area contributed by atoms with Crippen molar-refractivity contribution in [3.8, 4) is 5.75 Å². The summed E-state index contributed by atoms with van der Waals surface area (Å²) < 4.78 is 5.39. The van der Waals surface area contributed by atoms with Gasteiger partial charge in [0.05, 0.1) is 6.61 Å². The molecule has 0 unspecified atom stereocenters. The highest BCUT2D eigenvalue weighted by Crippen LogP contribution is 2.17. The summed E-state index contributed by atoms with van der Waals surface area (Å²) in [6.07, 6.45) is 0. The Labute approximate surface area is 131 Å². The number of amides is 2. The number of benzene rings is 2. The quantitative estimate of drug-likeness (QED) is 0.875. The van der Waals surface area contributed by atoms with Crippen molar-refractivity contribution in [3.05, 3.63) is 59.2 Å². The van der Waals surface area contributed by atoms with Gasteiger partial charge in [-0.15, -0.1) is 0 Å². The zero-order chi connectivity index (χ0) is 15.9. The van der Waals surface area contributed by atoms with Crippen LogP contribution in [0.2, 0.25) is 0 Å². The highest BCUT2D eigenvalue weighted by atomic mass is 16.5. The van der Waals surface area contributed by atoms with E-state index >= 15 is 0 Å². The van der Waals surface area contributed by atoms with Crippen LogP contribution in [-0.2, 0) is 6.54 Å². The first-order valence-corrected chi connectivity index (χ1v) is 7.43. The molecule has 0 aromatic heterocycles. The summed E-state index contributed by atoms with van der Waals surface area (Å²) in [6, 6.07) is 13.4. The molecule has 116 valence electrons. The van der Waals surface area contributed by atoms with E-state index in [0.29, 0.717) is 13.2 Å². The molecule has 0 aliphatic heterocycles. The summed E-state index contributed by atoms with van der Waals surface area (Å²) in [7, 11) is 0. The highest BCUT2D eigenvalue weighted by Gasteiger charge is 2.05. The Kier molecular flexibility index (Phi) is 5.42. The molecular weight excluding hydrogens is 276 g/mol. The Morgan fingerprint density at radius 1 is 1.09 bits per heavy atom. The maximum absolute atomic E-state index is 12.0. The Morgan fingerprint density at radius 3 is 2.50 bits per heavy atom. The van der Waals surface area contributed by atoms with Gasteiger partial charge in [-0.3, -0.25) is 0 Å². The lowest BCUT2D eigenvalue weighted by Gasteiger charge is -2.11.